The van der Waals surface area contributed by atoms with Gasteiger partial charge in [-0.15, -0.1) is 0 Å². The Labute approximate surface area is 167 Å². The number of carbonyl (C=O) groups excluding carboxylic acids is 2. The number of nitrogens with one attached hydrogen (secondary N) is 1. The second-order valence-corrected chi connectivity index (χ2v) is 6.64. The van der Waals surface area contributed by atoms with Crippen LogP contribution in [0.5, 0.6) is 5.75 Å². The zero-order valence-electron chi connectivity index (χ0n) is 16.5. The molecule has 8 heteroatoms. The summed E-state index contributed by atoms with van der Waals surface area (Å²) in [6.07, 6.45) is 0.585. The highest BCUT2D eigenvalue weighted by Gasteiger charge is 2.20. The minimum Gasteiger partial charge on any atom is -0.483 e. The molecular formula is C21H23F3N2O3. The molecule has 0 unspecified atom stereocenters. The lowest BCUT2D eigenvalue weighted by Crippen LogP contribution is -2.41. The summed E-state index contributed by atoms with van der Waals surface area (Å²) in [5, 5.41) is 2.16. The van der Waals surface area contributed by atoms with E-state index in [4.69, 9.17) is 4.74 Å². The lowest BCUT2D eigenvalue weighted by atomic mass is 10.1. The molecule has 0 atom stereocenters. The topological polar surface area (TPSA) is 58.6 Å². The normalized spacial score (nSPS) is 10.6. The van der Waals surface area contributed by atoms with Crippen molar-refractivity contribution in [3.05, 3.63) is 58.9 Å². The summed E-state index contributed by atoms with van der Waals surface area (Å²) in [7, 11) is 0. The van der Waals surface area contributed by atoms with Crippen LogP contribution >= 0.6 is 0 Å². The molecule has 0 saturated carbocycles. The molecule has 0 bridgehead atoms. The first-order valence-corrected chi connectivity index (χ1v) is 9.14. The van der Waals surface area contributed by atoms with Gasteiger partial charge in [0.2, 0.25) is 5.91 Å². The quantitative estimate of drug-likeness (QED) is 0.673. The monoisotopic (exact) mass is 408 g/mol. The fourth-order valence-corrected chi connectivity index (χ4v) is 2.64. The van der Waals surface area contributed by atoms with Crippen LogP contribution in [0.1, 0.15) is 24.5 Å². The van der Waals surface area contributed by atoms with Gasteiger partial charge in [0, 0.05) is 6.54 Å². The van der Waals surface area contributed by atoms with Gasteiger partial charge in [0.1, 0.15) is 5.75 Å². The molecule has 1 N–H and O–H groups in total. The Hall–Kier alpha value is -3.03. The summed E-state index contributed by atoms with van der Waals surface area (Å²) >= 11 is 0. The molecule has 0 aliphatic carbocycles. The van der Waals surface area contributed by atoms with Crippen molar-refractivity contribution in [2.75, 3.05) is 25.0 Å². The van der Waals surface area contributed by atoms with Crippen LogP contribution in [0.4, 0.5) is 18.9 Å². The second-order valence-electron chi connectivity index (χ2n) is 6.64. The molecule has 0 aliphatic heterocycles. The van der Waals surface area contributed by atoms with Gasteiger partial charge in [0.25, 0.3) is 5.91 Å². The molecule has 0 aromatic heterocycles. The Bertz CT molecular complexity index is 903. The van der Waals surface area contributed by atoms with Crippen molar-refractivity contribution in [3.8, 4) is 5.75 Å². The number of amides is 2. The Kier molecular flexibility index (Phi) is 7.64. The van der Waals surface area contributed by atoms with E-state index in [-0.39, 0.29) is 19.7 Å². The number of nitrogens with zero attached hydrogens (tertiary/aromatic N) is 1. The molecule has 0 heterocycles. The molecule has 0 aliphatic rings. The molecule has 0 saturated heterocycles. The average Bonchev–Trinajstić information content (AvgIpc) is 2.68. The second kappa shape index (κ2) is 9.95. The summed E-state index contributed by atoms with van der Waals surface area (Å²) < 4.78 is 45.6. The number of benzene rings is 2. The summed E-state index contributed by atoms with van der Waals surface area (Å²) in [6.45, 7) is 5.23. The van der Waals surface area contributed by atoms with Gasteiger partial charge in [-0.3, -0.25) is 9.59 Å². The van der Waals surface area contributed by atoms with Crippen LogP contribution in [0.15, 0.2) is 30.3 Å². The minimum absolute atomic E-state index is 0.267. The van der Waals surface area contributed by atoms with Crippen molar-refractivity contribution in [3.63, 3.8) is 0 Å². The number of hydrogen-bond acceptors (Lipinski definition) is 3. The molecule has 2 aromatic rings. The molecule has 29 heavy (non-hydrogen) atoms. The highest BCUT2D eigenvalue weighted by atomic mass is 19.2. The largest absolute Gasteiger partial charge is 0.483 e. The summed E-state index contributed by atoms with van der Waals surface area (Å²) in [6, 6.07) is 7.24. The standard InChI is InChI=1S/C21H23F3N2O3/c1-4-9-26(19(28)12-29-17-10-13(2)5-6-14(17)3)11-18(27)25-16-8-7-15(22)20(23)21(16)24/h5-8,10H,4,9,11-12H2,1-3H3,(H,25,27). The molecule has 0 fully saturated rings. The molecule has 2 amide bonds. The van der Waals surface area contributed by atoms with E-state index in [1.54, 1.807) is 0 Å². The fraction of sp³-hybridized carbons (Fsp3) is 0.333. The van der Waals surface area contributed by atoms with Crippen LogP contribution in [0.2, 0.25) is 0 Å². The third-order valence-corrected chi connectivity index (χ3v) is 4.18. The maximum atomic E-state index is 13.7. The van der Waals surface area contributed by atoms with E-state index in [0.717, 1.165) is 17.2 Å². The van der Waals surface area contributed by atoms with Crippen molar-refractivity contribution >= 4 is 17.5 Å². The summed E-state index contributed by atoms with van der Waals surface area (Å²) in [4.78, 5) is 26.0. The SMILES string of the molecule is CCCN(CC(=O)Nc1ccc(F)c(F)c1F)C(=O)COc1cc(C)ccc1C. The van der Waals surface area contributed by atoms with Gasteiger partial charge >= 0.3 is 0 Å². The number of hydrogen-bond donors (Lipinski definition) is 1. The van der Waals surface area contributed by atoms with Crippen LogP contribution in [-0.4, -0.2) is 36.4 Å². The van der Waals surface area contributed by atoms with Gasteiger partial charge in [0.05, 0.1) is 12.2 Å². The van der Waals surface area contributed by atoms with E-state index < -0.39 is 35.0 Å². The number of carbonyl (C=O) groups is 2. The van der Waals surface area contributed by atoms with Gasteiger partial charge in [-0.05, 0) is 49.6 Å². The Morgan fingerprint density at radius 2 is 1.79 bits per heavy atom. The van der Waals surface area contributed by atoms with Crippen LogP contribution in [0, 0.1) is 31.3 Å². The smallest absolute Gasteiger partial charge is 0.260 e. The van der Waals surface area contributed by atoms with Gasteiger partial charge in [-0.25, -0.2) is 13.2 Å². The molecule has 156 valence electrons. The van der Waals surface area contributed by atoms with Gasteiger partial charge < -0.3 is 15.0 Å². The Morgan fingerprint density at radius 3 is 2.48 bits per heavy atom. The van der Waals surface area contributed by atoms with Crippen molar-refractivity contribution in [1.29, 1.82) is 0 Å². The Balaban J connectivity index is 2.01. The number of aryl methyl sites for hydroxylation is 2. The van der Waals surface area contributed by atoms with E-state index in [2.05, 4.69) is 5.32 Å². The minimum atomic E-state index is -1.67. The lowest BCUT2D eigenvalue weighted by molar-refractivity contribution is -0.136. The third kappa shape index (κ3) is 5.97. The van der Waals surface area contributed by atoms with Crippen LogP contribution in [0.3, 0.4) is 0 Å². The molecule has 2 rings (SSSR count). The third-order valence-electron chi connectivity index (χ3n) is 4.18. The number of anilines is 1. The number of halogens is 3. The van der Waals surface area contributed by atoms with Gasteiger partial charge in [0.15, 0.2) is 24.1 Å². The van der Waals surface area contributed by atoms with E-state index in [0.29, 0.717) is 18.2 Å². The maximum Gasteiger partial charge on any atom is 0.260 e. The first-order chi connectivity index (χ1) is 13.7. The van der Waals surface area contributed by atoms with Crippen molar-refractivity contribution in [2.24, 2.45) is 0 Å². The maximum absolute atomic E-state index is 13.7. The average molecular weight is 408 g/mol. The molecule has 0 spiro atoms. The van der Waals surface area contributed by atoms with Crippen molar-refractivity contribution in [1.82, 2.24) is 4.90 Å². The predicted octanol–water partition coefficient (Wildman–Crippen LogP) is 3.98. The first kappa shape index (κ1) is 22.3. The molecule has 2 aromatic carbocycles. The number of ether oxygens (including phenoxy) is 1. The fourth-order valence-electron chi connectivity index (χ4n) is 2.64. The van der Waals surface area contributed by atoms with Crippen molar-refractivity contribution < 1.29 is 27.5 Å². The van der Waals surface area contributed by atoms with Crippen molar-refractivity contribution in [2.45, 2.75) is 27.2 Å². The van der Waals surface area contributed by atoms with Gasteiger partial charge in [-0.2, -0.15) is 0 Å². The summed E-state index contributed by atoms with van der Waals surface area (Å²) in [5.74, 6) is -5.11. The highest BCUT2D eigenvalue weighted by Crippen LogP contribution is 2.20. The Morgan fingerprint density at radius 1 is 1.07 bits per heavy atom. The zero-order chi connectivity index (χ0) is 21.6. The zero-order valence-corrected chi connectivity index (χ0v) is 16.5. The predicted molar refractivity (Wildman–Crippen MR) is 103 cm³/mol. The first-order valence-electron chi connectivity index (χ1n) is 9.14. The van der Waals surface area contributed by atoms with E-state index in [1.807, 2.05) is 39.0 Å². The highest BCUT2D eigenvalue weighted by molar-refractivity contribution is 5.94. The van der Waals surface area contributed by atoms with E-state index in [1.165, 1.54) is 4.90 Å². The summed E-state index contributed by atoms with van der Waals surface area (Å²) in [5.41, 5.74) is 1.36. The van der Waals surface area contributed by atoms with E-state index in [9.17, 15) is 22.8 Å². The molecule has 5 nitrogen and oxygen atoms in total. The van der Waals surface area contributed by atoms with Crippen LogP contribution in [0.25, 0.3) is 0 Å². The van der Waals surface area contributed by atoms with Crippen LogP contribution < -0.4 is 10.1 Å². The molecular weight excluding hydrogens is 385 g/mol. The van der Waals surface area contributed by atoms with Gasteiger partial charge in [-0.1, -0.05) is 19.1 Å². The number of rotatable bonds is 8. The lowest BCUT2D eigenvalue weighted by Gasteiger charge is -2.22. The molecule has 0 radical (unpaired) electrons. The van der Waals surface area contributed by atoms with Crippen LogP contribution in [-0.2, 0) is 9.59 Å². The van der Waals surface area contributed by atoms with E-state index >= 15 is 0 Å².